The number of methoxy groups -OCH3 is 1. The Hall–Kier alpha value is -1.79. The number of amides is 1. The average Bonchev–Trinajstić information content (AvgIpc) is 2.79. The second-order valence-corrected chi connectivity index (χ2v) is 5.66. The van der Waals surface area contributed by atoms with Gasteiger partial charge in [-0.05, 0) is 13.8 Å². The summed E-state index contributed by atoms with van der Waals surface area (Å²) in [6.07, 6.45) is 1.82. The maximum absolute atomic E-state index is 12.6. The number of nitrogens with zero attached hydrogens (tertiary/aromatic N) is 2. The van der Waals surface area contributed by atoms with E-state index in [4.69, 9.17) is 9.47 Å². The molecule has 1 N–H and O–H groups in total. The first-order valence-corrected chi connectivity index (χ1v) is 8.02. The maximum Gasteiger partial charge on any atom is 0.268 e. The Balaban J connectivity index is 2.35. The van der Waals surface area contributed by atoms with Crippen LogP contribution in [0.1, 0.15) is 21.7 Å². The molecule has 6 nitrogen and oxygen atoms in total. The fourth-order valence-electron chi connectivity index (χ4n) is 3.13. The molecule has 1 aliphatic heterocycles. The van der Waals surface area contributed by atoms with Crippen LogP contribution >= 0.6 is 0 Å². The second kappa shape index (κ2) is 8.17. The number of hydrogen-bond donors (Lipinski definition) is 1. The summed E-state index contributed by atoms with van der Waals surface area (Å²) in [5.41, 5.74) is 3.97. The molecule has 0 aliphatic carbocycles. The minimum Gasteiger partial charge on any atom is -0.383 e. The summed E-state index contributed by atoms with van der Waals surface area (Å²) in [5, 5.41) is 2.92. The molecule has 23 heavy (non-hydrogen) atoms. The van der Waals surface area contributed by atoms with Gasteiger partial charge in [-0.2, -0.15) is 0 Å². The number of rotatable bonds is 7. The fourth-order valence-corrected chi connectivity index (χ4v) is 3.13. The van der Waals surface area contributed by atoms with Gasteiger partial charge in [0.15, 0.2) is 0 Å². The largest absolute Gasteiger partial charge is 0.383 e. The van der Waals surface area contributed by atoms with Crippen LogP contribution in [-0.2, 0) is 16.0 Å². The van der Waals surface area contributed by atoms with Crippen molar-refractivity contribution < 1.29 is 14.3 Å². The minimum atomic E-state index is -0.0657. The lowest BCUT2D eigenvalue weighted by Crippen LogP contribution is -2.36. The number of ether oxygens (including phenoxy) is 2. The van der Waals surface area contributed by atoms with Crippen LogP contribution < -0.4 is 10.2 Å². The monoisotopic (exact) mass is 321 g/mol. The van der Waals surface area contributed by atoms with Crippen LogP contribution in [0.25, 0.3) is 0 Å². The van der Waals surface area contributed by atoms with Crippen LogP contribution in [0.5, 0.6) is 0 Å². The second-order valence-electron chi connectivity index (χ2n) is 5.66. The molecule has 6 heteroatoms. The zero-order chi connectivity index (χ0) is 16.8. The third-order valence-electron chi connectivity index (χ3n) is 4.17. The van der Waals surface area contributed by atoms with Crippen molar-refractivity contribution in [2.24, 2.45) is 0 Å². The summed E-state index contributed by atoms with van der Waals surface area (Å²) < 4.78 is 12.5. The molecule has 0 saturated carbocycles. The van der Waals surface area contributed by atoms with Gasteiger partial charge < -0.3 is 24.3 Å². The van der Waals surface area contributed by atoms with E-state index in [1.54, 1.807) is 7.11 Å². The van der Waals surface area contributed by atoms with E-state index in [2.05, 4.69) is 23.7 Å². The molecular weight excluding hydrogens is 294 g/mol. The number of morpholine rings is 1. The Kier molecular flexibility index (Phi) is 6.24. The van der Waals surface area contributed by atoms with Crippen molar-refractivity contribution in [2.75, 3.05) is 51.5 Å². The molecule has 1 aromatic heterocycles. The highest BCUT2D eigenvalue weighted by molar-refractivity contribution is 5.96. The third kappa shape index (κ3) is 3.76. The van der Waals surface area contributed by atoms with Gasteiger partial charge in [0.05, 0.1) is 25.5 Å². The van der Waals surface area contributed by atoms with Crippen LogP contribution in [0.3, 0.4) is 0 Å². The summed E-state index contributed by atoms with van der Waals surface area (Å²) in [7, 11) is 1.62. The predicted octanol–water partition coefficient (Wildman–Crippen LogP) is 1.50. The fraction of sp³-hybridized carbons (Fsp3) is 0.588. The summed E-state index contributed by atoms with van der Waals surface area (Å²) in [6, 6.07) is 0. The summed E-state index contributed by atoms with van der Waals surface area (Å²) in [6.45, 7) is 12.7. The van der Waals surface area contributed by atoms with Gasteiger partial charge in [-0.25, -0.2) is 0 Å². The Morgan fingerprint density at radius 3 is 2.70 bits per heavy atom. The highest BCUT2D eigenvalue weighted by atomic mass is 16.5. The summed E-state index contributed by atoms with van der Waals surface area (Å²) >= 11 is 0. The van der Waals surface area contributed by atoms with Crippen molar-refractivity contribution in [1.29, 1.82) is 0 Å². The first-order chi connectivity index (χ1) is 11.1. The predicted molar refractivity (Wildman–Crippen MR) is 91.3 cm³/mol. The number of anilines is 1. The van der Waals surface area contributed by atoms with Gasteiger partial charge in [0.1, 0.15) is 5.69 Å². The van der Waals surface area contributed by atoms with Gasteiger partial charge in [0.25, 0.3) is 5.91 Å². The van der Waals surface area contributed by atoms with Crippen molar-refractivity contribution in [3.05, 3.63) is 29.6 Å². The lowest BCUT2D eigenvalue weighted by Gasteiger charge is -2.29. The van der Waals surface area contributed by atoms with Gasteiger partial charge in [-0.3, -0.25) is 4.79 Å². The zero-order valence-electron chi connectivity index (χ0n) is 14.4. The Morgan fingerprint density at radius 2 is 2.09 bits per heavy atom. The smallest absolute Gasteiger partial charge is 0.268 e. The summed E-state index contributed by atoms with van der Waals surface area (Å²) in [5.74, 6) is -0.0657. The highest BCUT2D eigenvalue weighted by Crippen LogP contribution is 2.31. The first-order valence-electron chi connectivity index (χ1n) is 8.02. The molecule has 1 aliphatic rings. The lowest BCUT2D eigenvalue weighted by molar-refractivity contribution is 0.0927. The molecule has 1 saturated heterocycles. The molecule has 0 radical (unpaired) electrons. The van der Waals surface area contributed by atoms with E-state index in [1.807, 2.05) is 17.6 Å². The molecule has 1 amide bonds. The molecule has 128 valence electrons. The molecule has 0 unspecified atom stereocenters. The molecule has 0 aromatic carbocycles. The van der Waals surface area contributed by atoms with Crippen molar-refractivity contribution in [2.45, 2.75) is 20.4 Å². The van der Waals surface area contributed by atoms with Crippen molar-refractivity contribution in [3.63, 3.8) is 0 Å². The van der Waals surface area contributed by atoms with Gasteiger partial charge in [0, 0.05) is 44.5 Å². The molecular formula is C17H27N3O3. The number of nitrogens with one attached hydrogen (secondary N) is 1. The van der Waals surface area contributed by atoms with Gasteiger partial charge >= 0.3 is 0 Å². The van der Waals surface area contributed by atoms with Crippen molar-refractivity contribution in [3.8, 4) is 0 Å². The lowest BCUT2D eigenvalue weighted by atomic mass is 10.2. The molecule has 1 aromatic rings. The Bertz CT molecular complexity index is 560. The van der Waals surface area contributed by atoms with Crippen molar-refractivity contribution in [1.82, 2.24) is 9.88 Å². The van der Waals surface area contributed by atoms with Gasteiger partial charge in [-0.1, -0.05) is 6.08 Å². The topological polar surface area (TPSA) is 55.7 Å². The Morgan fingerprint density at radius 1 is 1.39 bits per heavy atom. The standard InChI is InChI=1S/C17H27N3O3/c1-5-7-20-14(3)15(19-8-11-23-12-9-19)13(2)16(20)17(21)18-6-10-22-4/h5H,1,6-12H2,2-4H3,(H,18,21). The molecule has 0 bridgehead atoms. The highest BCUT2D eigenvalue weighted by Gasteiger charge is 2.26. The maximum atomic E-state index is 12.6. The van der Waals surface area contributed by atoms with E-state index in [0.29, 0.717) is 25.4 Å². The molecule has 0 spiro atoms. The van der Waals surface area contributed by atoms with E-state index in [0.717, 1.165) is 43.2 Å². The van der Waals surface area contributed by atoms with E-state index in [-0.39, 0.29) is 5.91 Å². The van der Waals surface area contributed by atoms with Crippen LogP contribution in [0.2, 0.25) is 0 Å². The Labute approximate surface area is 138 Å². The molecule has 0 atom stereocenters. The zero-order valence-corrected chi connectivity index (χ0v) is 14.4. The van der Waals surface area contributed by atoms with E-state index in [9.17, 15) is 4.79 Å². The SMILES string of the molecule is C=CCn1c(C)c(N2CCOCC2)c(C)c1C(=O)NCCOC. The van der Waals surface area contributed by atoms with Crippen molar-refractivity contribution >= 4 is 11.6 Å². The van der Waals surface area contributed by atoms with Gasteiger partial charge in [-0.15, -0.1) is 6.58 Å². The summed E-state index contributed by atoms with van der Waals surface area (Å²) in [4.78, 5) is 14.9. The number of aromatic nitrogens is 1. The normalized spacial score (nSPS) is 14.8. The van der Waals surface area contributed by atoms with Crippen LogP contribution in [0.4, 0.5) is 5.69 Å². The third-order valence-corrected chi connectivity index (χ3v) is 4.17. The van der Waals surface area contributed by atoms with Crippen LogP contribution in [-0.4, -0.2) is 57.0 Å². The number of carbonyl (C=O) groups excluding carboxylic acids is 1. The van der Waals surface area contributed by atoms with E-state index in [1.165, 1.54) is 0 Å². The first kappa shape index (κ1) is 17.6. The minimum absolute atomic E-state index is 0.0657. The molecule has 1 fully saturated rings. The van der Waals surface area contributed by atoms with Gasteiger partial charge in [0.2, 0.25) is 0 Å². The van der Waals surface area contributed by atoms with Crippen LogP contribution in [0.15, 0.2) is 12.7 Å². The number of hydrogen-bond acceptors (Lipinski definition) is 4. The average molecular weight is 321 g/mol. The number of carbonyl (C=O) groups is 1. The van der Waals surface area contributed by atoms with E-state index >= 15 is 0 Å². The van der Waals surface area contributed by atoms with Crippen LogP contribution in [0, 0.1) is 13.8 Å². The van der Waals surface area contributed by atoms with E-state index < -0.39 is 0 Å². The molecule has 2 rings (SSSR count). The number of allylic oxidation sites excluding steroid dienone is 1. The quantitative estimate of drug-likeness (QED) is 0.611. The molecule has 2 heterocycles.